The summed E-state index contributed by atoms with van der Waals surface area (Å²) in [7, 11) is 3.79. The molecule has 0 radical (unpaired) electrons. The number of anilines is 1. The standard InChI is InChI=1S/C9H11BrN2O2/c1-6-4-7(11(2)3)5-8(10)9(6)12(13)14/h4-5H,1-3H3. The quantitative estimate of drug-likeness (QED) is 0.606. The van der Waals surface area contributed by atoms with E-state index >= 15 is 0 Å². The van der Waals surface area contributed by atoms with Crippen LogP contribution in [0, 0.1) is 17.0 Å². The predicted octanol–water partition coefficient (Wildman–Crippen LogP) is 2.73. The Balaban J connectivity index is 3.32. The highest BCUT2D eigenvalue weighted by Crippen LogP contribution is 2.32. The number of halogens is 1. The lowest BCUT2D eigenvalue weighted by Crippen LogP contribution is -2.09. The summed E-state index contributed by atoms with van der Waals surface area (Å²) in [4.78, 5) is 12.2. The van der Waals surface area contributed by atoms with Crippen LogP contribution in [-0.4, -0.2) is 19.0 Å². The average Bonchev–Trinajstić information content (AvgIpc) is 2.01. The van der Waals surface area contributed by atoms with Gasteiger partial charge in [0.1, 0.15) is 0 Å². The van der Waals surface area contributed by atoms with Gasteiger partial charge in [-0.15, -0.1) is 0 Å². The zero-order valence-corrected chi connectivity index (χ0v) is 9.83. The van der Waals surface area contributed by atoms with E-state index < -0.39 is 0 Å². The van der Waals surface area contributed by atoms with Gasteiger partial charge >= 0.3 is 0 Å². The number of nitrogens with zero attached hydrogens (tertiary/aromatic N) is 2. The first-order valence-electron chi connectivity index (χ1n) is 4.05. The fraction of sp³-hybridized carbons (Fsp3) is 0.333. The molecule has 5 heteroatoms. The van der Waals surface area contributed by atoms with Gasteiger partial charge in [-0.3, -0.25) is 10.1 Å². The van der Waals surface area contributed by atoms with Gasteiger partial charge in [0.05, 0.1) is 9.40 Å². The average molecular weight is 259 g/mol. The van der Waals surface area contributed by atoms with Gasteiger partial charge in [0.2, 0.25) is 0 Å². The third-order valence-electron chi connectivity index (χ3n) is 1.94. The van der Waals surface area contributed by atoms with Crippen LogP contribution in [0.15, 0.2) is 16.6 Å². The van der Waals surface area contributed by atoms with Crippen molar-refractivity contribution in [3.05, 3.63) is 32.3 Å². The lowest BCUT2D eigenvalue weighted by Gasteiger charge is -2.13. The number of nitro groups is 1. The topological polar surface area (TPSA) is 46.4 Å². The number of hydrogen-bond donors (Lipinski definition) is 0. The molecule has 14 heavy (non-hydrogen) atoms. The Bertz CT molecular complexity index is 354. The van der Waals surface area contributed by atoms with Gasteiger partial charge in [0.15, 0.2) is 0 Å². The highest BCUT2D eigenvalue weighted by molar-refractivity contribution is 9.10. The molecule has 0 aliphatic carbocycles. The van der Waals surface area contributed by atoms with Crippen LogP contribution >= 0.6 is 15.9 Å². The van der Waals surface area contributed by atoms with Gasteiger partial charge in [0, 0.05) is 25.3 Å². The molecule has 0 aromatic heterocycles. The van der Waals surface area contributed by atoms with Crippen molar-refractivity contribution in [2.24, 2.45) is 0 Å². The third kappa shape index (κ3) is 2.04. The van der Waals surface area contributed by atoms with Crippen LogP contribution in [0.3, 0.4) is 0 Å². The summed E-state index contributed by atoms with van der Waals surface area (Å²) in [6, 6.07) is 3.54. The maximum Gasteiger partial charge on any atom is 0.286 e. The number of nitro benzene ring substituents is 1. The molecule has 0 aliphatic heterocycles. The lowest BCUT2D eigenvalue weighted by molar-refractivity contribution is -0.386. The molecule has 1 aromatic rings. The van der Waals surface area contributed by atoms with Gasteiger partial charge in [-0.05, 0) is 35.0 Å². The Morgan fingerprint density at radius 2 is 2.00 bits per heavy atom. The largest absolute Gasteiger partial charge is 0.378 e. The van der Waals surface area contributed by atoms with E-state index in [9.17, 15) is 10.1 Å². The Labute approximate surface area is 90.8 Å². The van der Waals surface area contributed by atoms with Crippen molar-refractivity contribution < 1.29 is 4.92 Å². The fourth-order valence-electron chi connectivity index (χ4n) is 1.21. The molecule has 0 saturated heterocycles. The van der Waals surface area contributed by atoms with Crippen LogP contribution < -0.4 is 4.90 Å². The van der Waals surface area contributed by atoms with E-state index in [1.807, 2.05) is 19.0 Å². The summed E-state index contributed by atoms with van der Waals surface area (Å²) in [6.45, 7) is 1.73. The fourth-order valence-corrected chi connectivity index (χ4v) is 1.90. The molecule has 1 aromatic carbocycles. The second-order valence-corrected chi connectivity index (χ2v) is 4.10. The molecule has 0 aliphatic rings. The molecule has 1 rings (SSSR count). The molecular weight excluding hydrogens is 248 g/mol. The predicted molar refractivity (Wildman–Crippen MR) is 59.9 cm³/mol. The first-order chi connectivity index (χ1) is 6.43. The number of rotatable bonds is 2. The SMILES string of the molecule is Cc1cc(N(C)C)cc(Br)c1[N+](=O)[O-]. The molecular formula is C9H11BrN2O2. The van der Waals surface area contributed by atoms with Crippen LogP contribution in [0.4, 0.5) is 11.4 Å². The molecule has 0 atom stereocenters. The minimum atomic E-state index is -0.376. The van der Waals surface area contributed by atoms with Gasteiger partial charge in [-0.1, -0.05) is 0 Å². The molecule has 0 heterocycles. The van der Waals surface area contributed by atoms with Crippen LogP contribution in [-0.2, 0) is 0 Å². The minimum absolute atomic E-state index is 0.135. The number of hydrogen-bond acceptors (Lipinski definition) is 3. The zero-order chi connectivity index (χ0) is 10.9. The van der Waals surface area contributed by atoms with E-state index in [0.717, 1.165) is 5.69 Å². The van der Waals surface area contributed by atoms with E-state index in [1.54, 1.807) is 19.1 Å². The van der Waals surface area contributed by atoms with Crippen molar-refractivity contribution in [2.75, 3.05) is 19.0 Å². The third-order valence-corrected chi connectivity index (χ3v) is 2.54. The normalized spacial score (nSPS) is 10.0. The van der Waals surface area contributed by atoms with Crippen LogP contribution in [0.5, 0.6) is 0 Å². The summed E-state index contributed by atoms with van der Waals surface area (Å²) < 4.78 is 0.520. The summed E-state index contributed by atoms with van der Waals surface area (Å²) >= 11 is 3.20. The summed E-state index contributed by atoms with van der Waals surface area (Å²) in [5.74, 6) is 0. The van der Waals surface area contributed by atoms with Crippen molar-refractivity contribution >= 4 is 27.3 Å². The first kappa shape index (κ1) is 11.0. The molecule has 0 N–H and O–H groups in total. The van der Waals surface area contributed by atoms with Gasteiger partial charge < -0.3 is 4.90 Å². The van der Waals surface area contributed by atoms with E-state index in [0.29, 0.717) is 10.0 Å². The van der Waals surface area contributed by atoms with E-state index in [2.05, 4.69) is 15.9 Å². The number of benzene rings is 1. The van der Waals surface area contributed by atoms with E-state index in [1.165, 1.54) is 0 Å². The second-order valence-electron chi connectivity index (χ2n) is 3.24. The van der Waals surface area contributed by atoms with E-state index in [-0.39, 0.29) is 10.6 Å². The van der Waals surface area contributed by atoms with Crippen LogP contribution in [0.1, 0.15) is 5.56 Å². The van der Waals surface area contributed by atoms with Gasteiger partial charge in [0.25, 0.3) is 5.69 Å². The summed E-state index contributed by atoms with van der Waals surface area (Å²) in [5.41, 5.74) is 1.74. The molecule has 0 fully saturated rings. The highest BCUT2D eigenvalue weighted by atomic mass is 79.9. The number of aryl methyl sites for hydroxylation is 1. The van der Waals surface area contributed by atoms with Crippen LogP contribution in [0.25, 0.3) is 0 Å². The van der Waals surface area contributed by atoms with Gasteiger partial charge in [-0.2, -0.15) is 0 Å². The molecule has 0 saturated carbocycles. The first-order valence-corrected chi connectivity index (χ1v) is 4.84. The second kappa shape index (κ2) is 3.96. The van der Waals surface area contributed by atoms with Gasteiger partial charge in [-0.25, -0.2) is 0 Å². The molecule has 76 valence electrons. The zero-order valence-electron chi connectivity index (χ0n) is 8.24. The molecule has 0 amide bonds. The Kier molecular flexibility index (Phi) is 3.10. The maximum absolute atomic E-state index is 10.7. The summed E-state index contributed by atoms with van der Waals surface area (Å²) in [5, 5.41) is 10.7. The van der Waals surface area contributed by atoms with Crippen molar-refractivity contribution in [1.29, 1.82) is 0 Å². The highest BCUT2D eigenvalue weighted by Gasteiger charge is 2.16. The van der Waals surface area contributed by atoms with Crippen molar-refractivity contribution in [3.8, 4) is 0 Å². The monoisotopic (exact) mass is 258 g/mol. The minimum Gasteiger partial charge on any atom is -0.378 e. The van der Waals surface area contributed by atoms with Crippen LogP contribution in [0.2, 0.25) is 0 Å². The maximum atomic E-state index is 10.7. The summed E-state index contributed by atoms with van der Waals surface area (Å²) in [6.07, 6.45) is 0. The van der Waals surface area contributed by atoms with Crippen molar-refractivity contribution in [1.82, 2.24) is 0 Å². The molecule has 0 spiro atoms. The lowest BCUT2D eigenvalue weighted by atomic mass is 10.2. The Hall–Kier alpha value is -1.10. The van der Waals surface area contributed by atoms with E-state index in [4.69, 9.17) is 0 Å². The Morgan fingerprint density at radius 3 is 2.36 bits per heavy atom. The van der Waals surface area contributed by atoms with Crippen molar-refractivity contribution in [2.45, 2.75) is 6.92 Å². The molecule has 4 nitrogen and oxygen atoms in total. The smallest absolute Gasteiger partial charge is 0.286 e. The van der Waals surface area contributed by atoms with Crippen molar-refractivity contribution in [3.63, 3.8) is 0 Å². The molecule has 0 unspecified atom stereocenters. The Morgan fingerprint density at radius 1 is 1.43 bits per heavy atom. The molecule has 0 bridgehead atoms.